The zero-order chi connectivity index (χ0) is 22.4. The number of halogens is 1. The second kappa shape index (κ2) is 9.30. The van der Waals surface area contributed by atoms with Gasteiger partial charge in [-0.3, -0.25) is 4.79 Å². The number of carbonyl (C=O) groups is 2. The first-order chi connectivity index (χ1) is 14.8. The van der Waals surface area contributed by atoms with Crippen LogP contribution in [0, 0.1) is 5.82 Å². The summed E-state index contributed by atoms with van der Waals surface area (Å²) in [6.07, 6.45) is 1.57. The third-order valence-corrected chi connectivity index (χ3v) is 5.31. The minimum atomic E-state index is -3.92. The predicted molar refractivity (Wildman–Crippen MR) is 109 cm³/mol. The van der Waals surface area contributed by atoms with Gasteiger partial charge in [-0.05, 0) is 49.4 Å². The molecular weight excluding hydrogens is 427 g/mol. The number of sulfonamides is 1. The molecule has 0 fully saturated rings. The predicted octanol–water partition coefficient (Wildman–Crippen LogP) is 2.60. The minimum absolute atomic E-state index is 0.0722. The third kappa shape index (κ3) is 5.60. The van der Waals surface area contributed by atoms with Crippen LogP contribution >= 0.6 is 0 Å². The first-order valence-electron chi connectivity index (χ1n) is 8.92. The van der Waals surface area contributed by atoms with Gasteiger partial charge in [0.1, 0.15) is 5.82 Å². The van der Waals surface area contributed by atoms with Crippen molar-refractivity contribution in [3.63, 3.8) is 0 Å². The normalized spacial score (nSPS) is 11.9. The fourth-order valence-electron chi connectivity index (χ4n) is 2.40. The Morgan fingerprint density at radius 1 is 1.00 bits per heavy atom. The van der Waals surface area contributed by atoms with Gasteiger partial charge >= 0.3 is 5.97 Å². The fraction of sp³-hybridized carbons (Fsp3) is 0.100. The Hall–Kier alpha value is -3.86. The molecule has 1 aromatic heterocycles. The Kier molecular flexibility index (Phi) is 6.55. The molecule has 0 aliphatic heterocycles. The lowest BCUT2D eigenvalue weighted by Gasteiger charge is -2.14. The molecule has 31 heavy (non-hydrogen) atoms. The quantitative estimate of drug-likeness (QED) is 0.536. The Balaban J connectivity index is 1.62. The van der Waals surface area contributed by atoms with E-state index < -0.39 is 33.8 Å². The molecule has 11 heteroatoms. The Bertz CT molecular complexity index is 1190. The Morgan fingerprint density at radius 2 is 1.65 bits per heavy atom. The number of hydrogen-bond acceptors (Lipinski definition) is 7. The maximum Gasteiger partial charge on any atom is 0.341 e. The highest BCUT2D eigenvalue weighted by Crippen LogP contribution is 2.17. The maximum absolute atomic E-state index is 13.6. The number of amides is 1. The summed E-state index contributed by atoms with van der Waals surface area (Å²) in [5, 5.41) is 2.49. The van der Waals surface area contributed by atoms with Crippen LogP contribution in [-0.2, 0) is 19.6 Å². The van der Waals surface area contributed by atoms with E-state index in [1.54, 1.807) is 6.07 Å². The van der Waals surface area contributed by atoms with Crippen LogP contribution in [0.25, 0.3) is 0 Å². The molecule has 3 rings (SSSR count). The van der Waals surface area contributed by atoms with Gasteiger partial charge in [0.15, 0.2) is 6.10 Å². The zero-order valence-corrected chi connectivity index (χ0v) is 17.0. The lowest BCUT2D eigenvalue weighted by molar-refractivity contribution is -0.123. The molecular formula is C20H17FN4O5S. The summed E-state index contributed by atoms with van der Waals surface area (Å²) in [6.45, 7) is 1.33. The molecule has 2 N–H and O–H groups in total. The van der Waals surface area contributed by atoms with E-state index in [-0.39, 0.29) is 22.1 Å². The summed E-state index contributed by atoms with van der Waals surface area (Å²) in [5.41, 5.74) is -0.0136. The standard InChI is InChI=1S/C20H17FN4O5S/c1-13(30-19(27)16-5-2-3-6-17(16)21)18(26)24-14-7-9-15(10-8-14)31(28,29)25-20-22-11-4-12-23-20/h2-13H,1H3,(H,24,26)(H,22,23,25)/t13-/m1/s1. The molecule has 1 heterocycles. The summed E-state index contributed by atoms with van der Waals surface area (Å²) in [5.74, 6) is -2.48. The van der Waals surface area contributed by atoms with Crippen molar-refractivity contribution in [1.82, 2.24) is 9.97 Å². The van der Waals surface area contributed by atoms with E-state index in [1.165, 1.54) is 61.8 Å². The SMILES string of the molecule is C[C@@H](OC(=O)c1ccccc1F)C(=O)Nc1ccc(S(=O)(=O)Nc2ncccn2)cc1. The van der Waals surface area contributed by atoms with Crippen LogP contribution < -0.4 is 10.0 Å². The molecule has 0 spiro atoms. The summed E-state index contributed by atoms with van der Waals surface area (Å²) in [6, 6.07) is 12.1. The number of ether oxygens (including phenoxy) is 1. The van der Waals surface area contributed by atoms with Crippen molar-refractivity contribution in [1.29, 1.82) is 0 Å². The van der Waals surface area contributed by atoms with Crippen LogP contribution in [0.2, 0.25) is 0 Å². The number of hydrogen-bond donors (Lipinski definition) is 2. The molecule has 9 nitrogen and oxygen atoms in total. The van der Waals surface area contributed by atoms with Gasteiger partial charge in [-0.15, -0.1) is 0 Å². The molecule has 160 valence electrons. The lowest BCUT2D eigenvalue weighted by atomic mass is 10.2. The van der Waals surface area contributed by atoms with Gasteiger partial charge in [0.05, 0.1) is 10.5 Å². The minimum Gasteiger partial charge on any atom is -0.449 e. The van der Waals surface area contributed by atoms with Crippen molar-refractivity contribution in [2.24, 2.45) is 0 Å². The van der Waals surface area contributed by atoms with Gasteiger partial charge < -0.3 is 10.1 Å². The van der Waals surface area contributed by atoms with Crippen molar-refractivity contribution < 1.29 is 27.1 Å². The fourth-order valence-corrected chi connectivity index (χ4v) is 3.35. The Labute approximate surface area is 177 Å². The number of esters is 1. The number of aromatic nitrogens is 2. The highest BCUT2D eigenvalue weighted by molar-refractivity contribution is 7.92. The van der Waals surface area contributed by atoms with E-state index in [1.807, 2.05) is 0 Å². The second-order valence-electron chi connectivity index (χ2n) is 6.22. The first kappa shape index (κ1) is 21.8. The highest BCUT2D eigenvalue weighted by Gasteiger charge is 2.21. The molecule has 0 aliphatic carbocycles. The van der Waals surface area contributed by atoms with E-state index in [0.29, 0.717) is 0 Å². The van der Waals surface area contributed by atoms with E-state index >= 15 is 0 Å². The van der Waals surface area contributed by atoms with Crippen LogP contribution in [0.1, 0.15) is 17.3 Å². The monoisotopic (exact) mass is 444 g/mol. The number of anilines is 2. The Morgan fingerprint density at radius 3 is 2.29 bits per heavy atom. The molecule has 2 aromatic carbocycles. The number of carbonyl (C=O) groups excluding carboxylic acids is 2. The van der Waals surface area contributed by atoms with Gasteiger partial charge in [-0.2, -0.15) is 0 Å². The van der Waals surface area contributed by atoms with Crippen molar-refractivity contribution in [3.05, 3.63) is 78.4 Å². The molecule has 0 radical (unpaired) electrons. The van der Waals surface area contributed by atoms with Gasteiger partial charge in [0.25, 0.3) is 15.9 Å². The molecule has 1 atom stereocenters. The van der Waals surface area contributed by atoms with Crippen LogP contribution in [0.15, 0.2) is 71.9 Å². The molecule has 1 amide bonds. The molecule has 0 aliphatic rings. The van der Waals surface area contributed by atoms with Gasteiger partial charge in [-0.25, -0.2) is 32.3 Å². The van der Waals surface area contributed by atoms with E-state index in [4.69, 9.17) is 4.74 Å². The molecule has 0 saturated carbocycles. The summed E-state index contributed by atoms with van der Waals surface area (Å²) >= 11 is 0. The van der Waals surface area contributed by atoms with Crippen molar-refractivity contribution in [2.75, 3.05) is 10.0 Å². The molecule has 0 unspecified atom stereocenters. The molecule has 0 saturated heterocycles. The van der Waals surface area contributed by atoms with Crippen LogP contribution in [-0.4, -0.2) is 36.4 Å². The van der Waals surface area contributed by atoms with Crippen molar-refractivity contribution >= 4 is 33.5 Å². The number of nitrogens with zero attached hydrogens (tertiary/aromatic N) is 2. The van der Waals surface area contributed by atoms with Crippen LogP contribution in [0.3, 0.4) is 0 Å². The zero-order valence-electron chi connectivity index (χ0n) is 16.2. The second-order valence-corrected chi connectivity index (χ2v) is 7.90. The van der Waals surface area contributed by atoms with Gasteiger partial charge in [0, 0.05) is 18.1 Å². The van der Waals surface area contributed by atoms with Crippen molar-refractivity contribution in [3.8, 4) is 0 Å². The van der Waals surface area contributed by atoms with Gasteiger partial charge in [-0.1, -0.05) is 12.1 Å². The van der Waals surface area contributed by atoms with Crippen molar-refractivity contribution in [2.45, 2.75) is 17.9 Å². The largest absolute Gasteiger partial charge is 0.449 e. The molecule has 0 bridgehead atoms. The smallest absolute Gasteiger partial charge is 0.341 e. The van der Waals surface area contributed by atoms with E-state index in [0.717, 1.165) is 6.07 Å². The summed E-state index contributed by atoms with van der Waals surface area (Å²) < 4.78 is 45.6. The number of rotatable bonds is 7. The summed E-state index contributed by atoms with van der Waals surface area (Å²) in [4.78, 5) is 31.8. The third-order valence-electron chi connectivity index (χ3n) is 3.97. The lowest BCUT2D eigenvalue weighted by Crippen LogP contribution is -2.30. The van der Waals surface area contributed by atoms with Crippen LogP contribution in [0.4, 0.5) is 16.0 Å². The van der Waals surface area contributed by atoms with E-state index in [9.17, 15) is 22.4 Å². The molecule has 3 aromatic rings. The number of benzene rings is 2. The average Bonchev–Trinajstić information content (AvgIpc) is 2.74. The van der Waals surface area contributed by atoms with E-state index in [2.05, 4.69) is 20.0 Å². The average molecular weight is 444 g/mol. The highest BCUT2D eigenvalue weighted by atomic mass is 32.2. The first-order valence-corrected chi connectivity index (χ1v) is 10.4. The maximum atomic E-state index is 13.6. The van der Waals surface area contributed by atoms with Gasteiger partial charge in [0.2, 0.25) is 5.95 Å². The van der Waals surface area contributed by atoms with Crippen LogP contribution in [0.5, 0.6) is 0 Å². The number of nitrogens with one attached hydrogen (secondary N) is 2. The summed E-state index contributed by atoms with van der Waals surface area (Å²) in [7, 11) is -3.92. The topological polar surface area (TPSA) is 127 Å².